The van der Waals surface area contributed by atoms with Crippen LogP contribution in [0.3, 0.4) is 0 Å². The van der Waals surface area contributed by atoms with E-state index in [0.717, 1.165) is 12.8 Å². The van der Waals surface area contributed by atoms with Crippen molar-refractivity contribution in [2.75, 3.05) is 10.6 Å². The molecule has 0 radical (unpaired) electrons. The van der Waals surface area contributed by atoms with Gasteiger partial charge in [-0.3, -0.25) is 9.59 Å². The Balaban J connectivity index is 0.00000243. The fraction of sp³-hybridized carbons (Fsp3) is 0.263. The number of carbonyl (C=O) groups is 2. The van der Waals surface area contributed by atoms with Crippen molar-refractivity contribution >= 4 is 35.6 Å². The van der Waals surface area contributed by atoms with Gasteiger partial charge in [-0.2, -0.15) is 0 Å². The topological polar surface area (TPSA) is 84.2 Å². The minimum Gasteiger partial charge on any atom is -0.328 e. The molecule has 1 fully saturated rings. The average Bonchev–Trinajstić information content (AvgIpc) is 3.02. The molecule has 0 aliphatic heterocycles. The van der Waals surface area contributed by atoms with Crippen LogP contribution in [0.4, 0.5) is 15.8 Å². The Kier molecular flexibility index (Phi) is 6.71. The summed E-state index contributed by atoms with van der Waals surface area (Å²) < 4.78 is 13.2. The summed E-state index contributed by atoms with van der Waals surface area (Å²) in [4.78, 5) is 24.6. The Morgan fingerprint density at radius 1 is 1.00 bits per heavy atom. The Bertz CT molecular complexity index is 800. The van der Waals surface area contributed by atoms with Crippen molar-refractivity contribution in [3.05, 3.63) is 59.9 Å². The maximum atomic E-state index is 13.2. The normalized spacial score (nSPS) is 18.7. The first-order valence-electron chi connectivity index (χ1n) is 8.24. The lowest BCUT2D eigenvalue weighted by atomic mass is 10.1. The molecule has 0 bridgehead atoms. The number of hydrogen-bond acceptors (Lipinski definition) is 3. The van der Waals surface area contributed by atoms with Crippen LogP contribution in [0.2, 0.25) is 0 Å². The molecule has 0 saturated heterocycles. The summed E-state index contributed by atoms with van der Waals surface area (Å²) in [5.74, 6) is -0.950. The molecule has 1 saturated carbocycles. The van der Waals surface area contributed by atoms with Crippen LogP contribution in [-0.4, -0.2) is 17.9 Å². The highest BCUT2D eigenvalue weighted by Crippen LogP contribution is 2.25. The molecular formula is C19H21ClFN3O2. The lowest BCUT2D eigenvalue weighted by Gasteiger charge is -2.12. The molecule has 0 spiro atoms. The molecule has 2 aromatic rings. The fourth-order valence-corrected chi connectivity index (χ4v) is 3.01. The number of nitrogens with one attached hydrogen (secondary N) is 2. The number of hydrogen-bond donors (Lipinski definition) is 3. The molecule has 138 valence electrons. The molecular weight excluding hydrogens is 357 g/mol. The third-order valence-electron chi connectivity index (χ3n) is 4.32. The molecule has 1 aliphatic rings. The predicted molar refractivity (Wildman–Crippen MR) is 102 cm³/mol. The standard InChI is InChI=1S/C19H20FN3O2.ClH/c20-14-4-2-6-17(11-14)23-18(24)12-3-1-5-16(10-12)22-19(25)13-7-8-15(21)9-13;/h1-6,10-11,13,15H,7-9,21H2,(H,22,25)(H,23,24);1H. The van der Waals surface area contributed by atoms with Crippen molar-refractivity contribution in [3.63, 3.8) is 0 Å². The number of amides is 2. The van der Waals surface area contributed by atoms with Crippen molar-refractivity contribution in [1.29, 1.82) is 0 Å². The van der Waals surface area contributed by atoms with E-state index < -0.39 is 5.82 Å². The summed E-state index contributed by atoms with van der Waals surface area (Å²) in [6.45, 7) is 0. The lowest BCUT2D eigenvalue weighted by Crippen LogP contribution is -2.23. The number of carbonyl (C=O) groups excluding carboxylic acids is 2. The highest BCUT2D eigenvalue weighted by atomic mass is 35.5. The first kappa shape index (κ1) is 19.9. The van der Waals surface area contributed by atoms with Crippen LogP contribution in [0, 0.1) is 11.7 Å². The quantitative estimate of drug-likeness (QED) is 0.761. The Morgan fingerprint density at radius 3 is 2.35 bits per heavy atom. The van der Waals surface area contributed by atoms with E-state index in [4.69, 9.17) is 5.73 Å². The molecule has 26 heavy (non-hydrogen) atoms. The number of halogens is 2. The van der Waals surface area contributed by atoms with Gasteiger partial charge in [-0.15, -0.1) is 12.4 Å². The highest BCUT2D eigenvalue weighted by Gasteiger charge is 2.27. The summed E-state index contributed by atoms with van der Waals surface area (Å²) in [5, 5.41) is 5.47. The number of nitrogens with two attached hydrogens (primary N) is 1. The van der Waals surface area contributed by atoms with Crippen LogP contribution >= 0.6 is 12.4 Å². The molecule has 0 aromatic heterocycles. The molecule has 2 atom stereocenters. The minimum atomic E-state index is -0.423. The van der Waals surface area contributed by atoms with Gasteiger partial charge in [-0.05, 0) is 55.7 Å². The van der Waals surface area contributed by atoms with Gasteiger partial charge in [-0.25, -0.2) is 4.39 Å². The Hall–Kier alpha value is -2.44. The third-order valence-corrected chi connectivity index (χ3v) is 4.32. The van der Waals surface area contributed by atoms with E-state index in [0.29, 0.717) is 23.4 Å². The van der Waals surface area contributed by atoms with E-state index in [2.05, 4.69) is 10.6 Å². The number of rotatable bonds is 4. The predicted octanol–water partition coefficient (Wildman–Crippen LogP) is 3.57. The van der Waals surface area contributed by atoms with Gasteiger partial charge in [0.15, 0.2) is 0 Å². The molecule has 0 heterocycles. The average molecular weight is 378 g/mol. The largest absolute Gasteiger partial charge is 0.328 e. The Morgan fingerprint density at radius 2 is 1.69 bits per heavy atom. The molecule has 2 amide bonds. The molecule has 5 nitrogen and oxygen atoms in total. The second kappa shape index (κ2) is 8.78. The van der Waals surface area contributed by atoms with Gasteiger partial charge in [0, 0.05) is 28.9 Å². The van der Waals surface area contributed by atoms with Gasteiger partial charge in [-0.1, -0.05) is 12.1 Å². The third kappa shape index (κ3) is 5.03. The van der Waals surface area contributed by atoms with Gasteiger partial charge < -0.3 is 16.4 Å². The second-order valence-corrected chi connectivity index (χ2v) is 6.30. The molecule has 3 rings (SSSR count). The van der Waals surface area contributed by atoms with Gasteiger partial charge >= 0.3 is 0 Å². The Labute approximate surface area is 157 Å². The number of benzene rings is 2. The van der Waals surface area contributed by atoms with Crippen molar-refractivity contribution < 1.29 is 14.0 Å². The summed E-state index contributed by atoms with van der Waals surface area (Å²) in [6, 6.07) is 12.4. The van der Waals surface area contributed by atoms with Crippen LogP contribution in [0.25, 0.3) is 0 Å². The van der Waals surface area contributed by atoms with E-state index >= 15 is 0 Å². The van der Waals surface area contributed by atoms with Crippen molar-refractivity contribution in [3.8, 4) is 0 Å². The fourth-order valence-electron chi connectivity index (χ4n) is 3.01. The zero-order valence-electron chi connectivity index (χ0n) is 14.1. The van der Waals surface area contributed by atoms with E-state index in [1.807, 2.05) is 0 Å². The van der Waals surface area contributed by atoms with E-state index in [1.165, 1.54) is 18.2 Å². The summed E-state index contributed by atoms with van der Waals surface area (Å²) >= 11 is 0. The van der Waals surface area contributed by atoms with Crippen molar-refractivity contribution in [2.45, 2.75) is 25.3 Å². The maximum Gasteiger partial charge on any atom is 0.255 e. The van der Waals surface area contributed by atoms with Crippen molar-refractivity contribution in [1.82, 2.24) is 0 Å². The van der Waals surface area contributed by atoms with Crippen LogP contribution in [0.1, 0.15) is 29.6 Å². The zero-order valence-corrected chi connectivity index (χ0v) is 14.9. The monoisotopic (exact) mass is 377 g/mol. The van der Waals surface area contributed by atoms with E-state index in [-0.39, 0.29) is 36.2 Å². The molecule has 4 N–H and O–H groups in total. The van der Waals surface area contributed by atoms with Crippen LogP contribution in [0.15, 0.2) is 48.5 Å². The highest BCUT2D eigenvalue weighted by molar-refractivity contribution is 6.05. The van der Waals surface area contributed by atoms with E-state index in [9.17, 15) is 14.0 Å². The molecule has 7 heteroatoms. The summed E-state index contributed by atoms with van der Waals surface area (Å²) in [7, 11) is 0. The van der Waals surface area contributed by atoms with Crippen LogP contribution < -0.4 is 16.4 Å². The van der Waals surface area contributed by atoms with E-state index in [1.54, 1.807) is 30.3 Å². The summed E-state index contributed by atoms with van der Waals surface area (Å²) in [5.41, 5.74) is 7.15. The molecule has 2 aromatic carbocycles. The number of anilines is 2. The SMILES string of the molecule is Cl.NC1CCC(C(=O)Nc2cccc(C(=O)Nc3cccc(F)c3)c2)C1. The van der Waals surface area contributed by atoms with Crippen LogP contribution in [0.5, 0.6) is 0 Å². The van der Waals surface area contributed by atoms with Gasteiger partial charge in [0.25, 0.3) is 5.91 Å². The van der Waals surface area contributed by atoms with Crippen molar-refractivity contribution in [2.24, 2.45) is 11.7 Å². The smallest absolute Gasteiger partial charge is 0.255 e. The van der Waals surface area contributed by atoms with Gasteiger partial charge in [0.05, 0.1) is 0 Å². The zero-order chi connectivity index (χ0) is 17.8. The first-order valence-corrected chi connectivity index (χ1v) is 8.24. The second-order valence-electron chi connectivity index (χ2n) is 6.30. The molecule has 1 aliphatic carbocycles. The molecule has 2 unspecified atom stereocenters. The summed E-state index contributed by atoms with van der Waals surface area (Å²) in [6.07, 6.45) is 2.33. The van der Waals surface area contributed by atoms with Crippen LogP contribution in [-0.2, 0) is 4.79 Å². The van der Waals surface area contributed by atoms with Gasteiger partial charge in [0.2, 0.25) is 5.91 Å². The maximum absolute atomic E-state index is 13.2. The first-order chi connectivity index (χ1) is 12.0. The minimum absolute atomic E-state index is 0. The lowest BCUT2D eigenvalue weighted by molar-refractivity contribution is -0.119. The van der Waals surface area contributed by atoms with Gasteiger partial charge in [0.1, 0.15) is 5.82 Å².